The molecule has 0 unspecified atom stereocenters. The van der Waals surface area contributed by atoms with Crippen molar-refractivity contribution in [1.29, 1.82) is 0 Å². The number of rotatable bonds is 2. The fourth-order valence-corrected chi connectivity index (χ4v) is 1.92. The Bertz CT molecular complexity index is 752. The first-order valence-corrected chi connectivity index (χ1v) is 5.81. The lowest BCUT2D eigenvalue weighted by Crippen LogP contribution is -1.92. The second-order valence-electron chi connectivity index (χ2n) is 4.31. The summed E-state index contributed by atoms with van der Waals surface area (Å²) < 4.78 is 19.1. The number of H-pyrrole nitrogens is 1. The van der Waals surface area contributed by atoms with E-state index >= 15 is 0 Å². The molecule has 0 saturated carbocycles. The van der Waals surface area contributed by atoms with Crippen LogP contribution in [0.25, 0.3) is 11.0 Å². The van der Waals surface area contributed by atoms with Crippen molar-refractivity contribution in [3.63, 3.8) is 0 Å². The molecule has 4 nitrogen and oxygen atoms in total. The minimum atomic E-state index is -0.493. The number of nitrogens with two attached hydrogens (primary N) is 1. The van der Waals surface area contributed by atoms with Crippen molar-refractivity contribution in [1.82, 2.24) is 9.97 Å². The zero-order chi connectivity index (χ0) is 13.4. The third-order valence-electron chi connectivity index (χ3n) is 2.83. The Morgan fingerprint density at radius 3 is 2.89 bits per heavy atom. The standard InChI is InChI=1S/C14H12FN3O/c1-8-6-10-13(4-5-17-14(10)18-8)19-9-2-3-12(16)11(15)7-9/h2-7H,16H2,1H3,(H,17,18). The number of hydrogen-bond acceptors (Lipinski definition) is 3. The lowest BCUT2D eigenvalue weighted by Gasteiger charge is -2.07. The van der Waals surface area contributed by atoms with E-state index in [0.717, 1.165) is 16.7 Å². The maximum Gasteiger partial charge on any atom is 0.149 e. The molecule has 3 rings (SSSR count). The van der Waals surface area contributed by atoms with Gasteiger partial charge in [0.15, 0.2) is 0 Å². The maximum absolute atomic E-state index is 13.4. The molecule has 0 fully saturated rings. The number of nitrogens with zero attached hydrogens (tertiary/aromatic N) is 1. The minimum absolute atomic E-state index is 0.102. The average Bonchev–Trinajstić information content (AvgIpc) is 2.75. The average molecular weight is 257 g/mol. The van der Waals surface area contributed by atoms with Crippen LogP contribution in [-0.2, 0) is 0 Å². The zero-order valence-electron chi connectivity index (χ0n) is 10.3. The van der Waals surface area contributed by atoms with E-state index in [9.17, 15) is 4.39 Å². The van der Waals surface area contributed by atoms with Crippen LogP contribution in [0.15, 0.2) is 36.5 Å². The number of nitrogens with one attached hydrogen (secondary N) is 1. The number of ether oxygens (including phenoxy) is 1. The molecule has 0 saturated heterocycles. The Morgan fingerprint density at radius 2 is 2.11 bits per heavy atom. The van der Waals surface area contributed by atoms with Gasteiger partial charge in [0, 0.05) is 18.0 Å². The number of anilines is 1. The Morgan fingerprint density at radius 1 is 1.26 bits per heavy atom. The van der Waals surface area contributed by atoms with Crippen LogP contribution in [-0.4, -0.2) is 9.97 Å². The van der Waals surface area contributed by atoms with Crippen LogP contribution in [0.5, 0.6) is 11.5 Å². The molecule has 0 bridgehead atoms. The highest BCUT2D eigenvalue weighted by molar-refractivity contribution is 5.83. The first-order valence-electron chi connectivity index (χ1n) is 5.81. The van der Waals surface area contributed by atoms with Gasteiger partial charge in [0.1, 0.15) is 23.0 Å². The quantitative estimate of drug-likeness (QED) is 0.692. The van der Waals surface area contributed by atoms with Crippen LogP contribution in [0, 0.1) is 12.7 Å². The summed E-state index contributed by atoms with van der Waals surface area (Å²) in [5.74, 6) is 0.532. The fraction of sp³-hybridized carbons (Fsp3) is 0.0714. The fourth-order valence-electron chi connectivity index (χ4n) is 1.92. The summed E-state index contributed by atoms with van der Waals surface area (Å²) in [6.07, 6.45) is 1.64. The third kappa shape index (κ3) is 2.10. The smallest absolute Gasteiger partial charge is 0.149 e. The zero-order valence-corrected chi connectivity index (χ0v) is 10.3. The van der Waals surface area contributed by atoms with Crippen molar-refractivity contribution in [2.24, 2.45) is 0 Å². The van der Waals surface area contributed by atoms with E-state index < -0.39 is 5.82 Å². The molecule has 96 valence electrons. The Kier molecular flexibility index (Phi) is 2.59. The Balaban J connectivity index is 2.02. The number of benzene rings is 1. The lowest BCUT2D eigenvalue weighted by atomic mass is 10.2. The molecule has 3 N–H and O–H groups in total. The number of aryl methyl sites for hydroxylation is 1. The predicted molar refractivity (Wildman–Crippen MR) is 71.7 cm³/mol. The van der Waals surface area contributed by atoms with Crippen molar-refractivity contribution < 1.29 is 9.13 Å². The van der Waals surface area contributed by atoms with E-state index in [4.69, 9.17) is 10.5 Å². The molecule has 2 aromatic heterocycles. The highest BCUT2D eigenvalue weighted by Crippen LogP contribution is 2.30. The van der Waals surface area contributed by atoms with Gasteiger partial charge in [-0.3, -0.25) is 0 Å². The molecule has 0 aliphatic rings. The molecule has 0 aliphatic carbocycles. The second kappa shape index (κ2) is 4.28. The first kappa shape index (κ1) is 11.5. The van der Waals surface area contributed by atoms with Crippen LogP contribution < -0.4 is 10.5 Å². The monoisotopic (exact) mass is 257 g/mol. The Hall–Kier alpha value is -2.56. The number of pyridine rings is 1. The van der Waals surface area contributed by atoms with Crippen LogP contribution in [0.3, 0.4) is 0 Å². The van der Waals surface area contributed by atoms with Gasteiger partial charge >= 0.3 is 0 Å². The summed E-state index contributed by atoms with van der Waals surface area (Å²) in [7, 11) is 0. The van der Waals surface area contributed by atoms with Crippen LogP contribution in [0.2, 0.25) is 0 Å². The highest BCUT2D eigenvalue weighted by atomic mass is 19.1. The molecule has 19 heavy (non-hydrogen) atoms. The lowest BCUT2D eigenvalue weighted by molar-refractivity contribution is 0.482. The van der Waals surface area contributed by atoms with Crippen LogP contribution >= 0.6 is 0 Å². The van der Waals surface area contributed by atoms with Gasteiger partial charge in [-0.15, -0.1) is 0 Å². The molecular formula is C14H12FN3O. The summed E-state index contributed by atoms with van der Waals surface area (Å²) in [4.78, 5) is 7.33. The number of hydrogen-bond donors (Lipinski definition) is 2. The van der Waals surface area contributed by atoms with Gasteiger partial charge in [0.05, 0.1) is 11.1 Å². The molecule has 2 heterocycles. The van der Waals surface area contributed by atoms with Crippen molar-refractivity contribution in [3.8, 4) is 11.5 Å². The van der Waals surface area contributed by atoms with Crippen molar-refractivity contribution in [2.75, 3.05) is 5.73 Å². The van der Waals surface area contributed by atoms with E-state index in [2.05, 4.69) is 9.97 Å². The normalized spacial score (nSPS) is 10.8. The van der Waals surface area contributed by atoms with Gasteiger partial charge in [-0.05, 0) is 31.2 Å². The van der Waals surface area contributed by atoms with Crippen molar-refractivity contribution >= 4 is 16.7 Å². The molecule has 0 aliphatic heterocycles. The molecule has 0 amide bonds. The summed E-state index contributed by atoms with van der Waals surface area (Å²) in [5, 5.41) is 0.859. The number of halogens is 1. The van der Waals surface area contributed by atoms with E-state index in [1.807, 2.05) is 13.0 Å². The molecule has 1 aromatic carbocycles. The predicted octanol–water partition coefficient (Wildman–Crippen LogP) is 3.38. The highest BCUT2D eigenvalue weighted by Gasteiger charge is 2.08. The summed E-state index contributed by atoms with van der Waals surface area (Å²) in [5.41, 5.74) is 7.26. The SMILES string of the molecule is Cc1cc2c(Oc3ccc(N)c(F)c3)ccnc2[nH]1. The van der Waals surface area contributed by atoms with Crippen molar-refractivity contribution in [3.05, 3.63) is 48.0 Å². The molecule has 5 heteroatoms. The van der Waals surface area contributed by atoms with E-state index in [1.54, 1.807) is 18.3 Å². The maximum atomic E-state index is 13.4. The molecule has 0 spiro atoms. The van der Waals surface area contributed by atoms with E-state index in [1.165, 1.54) is 12.1 Å². The van der Waals surface area contributed by atoms with Gasteiger partial charge in [-0.25, -0.2) is 9.37 Å². The summed E-state index contributed by atoms with van der Waals surface area (Å²) in [6.45, 7) is 1.94. The molecule has 0 radical (unpaired) electrons. The van der Waals surface area contributed by atoms with E-state index in [-0.39, 0.29) is 5.69 Å². The molecule has 3 aromatic rings. The Labute approximate surface area is 109 Å². The van der Waals surface area contributed by atoms with Gasteiger partial charge in [0.2, 0.25) is 0 Å². The second-order valence-corrected chi connectivity index (χ2v) is 4.31. The van der Waals surface area contributed by atoms with Gasteiger partial charge in [-0.2, -0.15) is 0 Å². The number of aromatic amines is 1. The van der Waals surface area contributed by atoms with Gasteiger partial charge in [-0.1, -0.05) is 0 Å². The van der Waals surface area contributed by atoms with Crippen LogP contribution in [0.4, 0.5) is 10.1 Å². The first-order chi connectivity index (χ1) is 9.13. The minimum Gasteiger partial charge on any atom is -0.456 e. The molecular weight excluding hydrogens is 245 g/mol. The summed E-state index contributed by atoms with van der Waals surface area (Å²) in [6, 6.07) is 8.05. The van der Waals surface area contributed by atoms with E-state index in [0.29, 0.717) is 11.5 Å². The largest absolute Gasteiger partial charge is 0.456 e. The number of aromatic nitrogens is 2. The van der Waals surface area contributed by atoms with Gasteiger partial charge in [0.25, 0.3) is 0 Å². The van der Waals surface area contributed by atoms with Crippen LogP contribution in [0.1, 0.15) is 5.69 Å². The summed E-state index contributed by atoms with van der Waals surface area (Å²) >= 11 is 0. The third-order valence-corrected chi connectivity index (χ3v) is 2.83. The molecule has 0 atom stereocenters. The van der Waals surface area contributed by atoms with Crippen molar-refractivity contribution in [2.45, 2.75) is 6.92 Å². The topological polar surface area (TPSA) is 63.9 Å². The number of fused-ring (bicyclic) bond motifs is 1. The van der Waals surface area contributed by atoms with Gasteiger partial charge < -0.3 is 15.5 Å². The number of nitrogen functional groups attached to an aromatic ring is 1.